The van der Waals surface area contributed by atoms with E-state index in [2.05, 4.69) is 32.0 Å². The average Bonchev–Trinajstić information content (AvgIpc) is 3.51. The molecule has 4 aromatic rings. The number of ether oxygens (including phenoxy) is 4. The largest absolute Gasteiger partial charge is 0.497 e. The number of hydrogen-bond acceptors (Lipinski definition) is 10. The number of thiazole rings is 1. The van der Waals surface area contributed by atoms with Gasteiger partial charge in [0.25, 0.3) is 0 Å². The maximum absolute atomic E-state index is 11.1. The summed E-state index contributed by atoms with van der Waals surface area (Å²) in [5.41, 5.74) is 2.07. The lowest BCUT2D eigenvalue weighted by Crippen LogP contribution is -2.47. The summed E-state index contributed by atoms with van der Waals surface area (Å²) in [6.07, 6.45) is 1.44. The van der Waals surface area contributed by atoms with Crippen molar-refractivity contribution in [1.82, 2.24) is 19.5 Å². The van der Waals surface area contributed by atoms with E-state index >= 15 is 0 Å². The van der Waals surface area contributed by atoms with Crippen LogP contribution < -0.4 is 23.8 Å². The molecule has 0 spiro atoms. The minimum atomic E-state index is -0.259. The van der Waals surface area contributed by atoms with E-state index in [1.807, 2.05) is 24.3 Å². The van der Waals surface area contributed by atoms with E-state index in [-0.39, 0.29) is 11.9 Å². The minimum absolute atomic E-state index is 0.0869. The third kappa shape index (κ3) is 4.24. The molecule has 0 radical (unpaired) electrons. The normalized spacial score (nSPS) is 15.2. The van der Waals surface area contributed by atoms with Gasteiger partial charge in [-0.2, -0.15) is 9.61 Å². The van der Waals surface area contributed by atoms with Gasteiger partial charge in [-0.15, -0.1) is 0 Å². The molecule has 1 aliphatic heterocycles. The van der Waals surface area contributed by atoms with Crippen molar-refractivity contribution in [3.8, 4) is 28.9 Å². The molecule has 1 atom stereocenters. The number of rotatable bonds is 8. The Morgan fingerprint density at radius 1 is 0.889 bits per heavy atom. The molecule has 0 aliphatic carbocycles. The molecule has 190 valence electrons. The van der Waals surface area contributed by atoms with Crippen molar-refractivity contribution in [2.45, 2.75) is 6.04 Å². The number of hydrogen-bond donors (Lipinski definition) is 1. The zero-order valence-electron chi connectivity index (χ0n) is 20.7. The van der Waals surface area contributed by atoms with Crippen LogP contribution in [0.1, 0.15) is 16.5 Å². The maximum atomic E-state index is 11.1. The van der Waals surface area contributed by atoms with Crippen molar-refractivity contribution in [2.75, 3.05) is 59.5 Å². The second-order valence-electron chi connectivity index (χ2n) is 8.33. The van der Waals surface area contributed by atoms with Crippen LogP contribution in [0.2, 0.25) is 0 Å². The second kappa shape index (κ2) is 10.1. The van der Waals surface area contributed by atoms with Crippen LogP contribution in [0.3, 0.4) is 0 Å². The first-order valence-electron chi connectivity index (χ1n) is 11.5. The minimum Gasteiger partial charge on any atom is -0.497 e. The van der Waals surface area contributed by atoms with Gasteiger partial charge in [-0.05, 0) is 42.0 Å². The van der Waals surface area contributed by atoms with E-state index in [1.165, 1.54) is 22.2 Å². The molecule has 2 aromatic carbocycles. The molecule has 36 heavy (non-hydrogen) atoms. The van der Waals surface area contributed by atoms with E-state index in [9.17, 15) is 5.11 Å². The molecule has 2 aromatic heterocycles. The molecule has 1 fully saturated rings. The molecular weight excluding hydrogens is 482 g/mol. The number of nitrogens with zero attached hydrogens (tertiary/aromatic N) is 5. The predicted octanol–water partition coefficient (Wildman–Crippen LogP) is 3.44. The van der Waals surface area contributed by atoms with Crippen LogP contribution in [0.5, 0.6) is 28.9 Å². The topological polar surface area (TPSA) is 93.8 Å². The van der Waals surface area contributed by atoms with Crippen molar-refractivity contribution in [2.24, 2.45) is 0 Å². The maximum Gasteiger partial charge on any atom is 0.230 e. The zero-order chi connectivity index (χ0) is 25.2. The fourth-order valence-electron chi connectivity index (χ4n) is 4.69. The summed E-state index contributed by atoms with van der Waals surface area (Å²) in [5.74, 6) is 2.58. The fraction of sp³-hybridized carbons (Fsp3) is 0.360. The standard InChI is InChI=1S/C25H29N5O5S/c1-32-18-7-5-17(6-8-18)28-9-11-29(12-10-28)21(23-24(31)30-25(36-23)26-15-27-30)16-13-19(33-2)22(35-4)20(14-16)34-3/h5-8,13-15,21,31H,9-12H2,1-4H3/t21-/m0/s1. The summed E-state index contributed by atoms with van der Waals surface area (Å²) in [6, 6.07) is 11.7. The van der Waals surface area contributed by atoms with E-state index in [1.54, 1.807) is 28.4 Å². The molecule has 0 unspecified atom stereocenters. The van der Waals surface area contributed by atoms with Crippen LogP contribution in [0, 0.1) is 0 Å². The predicted molar refractivity (Wildman–Crippen MR) is 137 cm³/mol. The highest BCUT2D eigenvalue weighted by molar-refractivity contribution is 7.17. The van der Waals surface area contributed by atoms with Crippen LogP contribution in [0.15, 0.2) is 42.7 Å². The van der Waals surface area contributed by atoms with Gasteiger partial charge in [-0.3, -0.25) is 4.90 Å². The van der Waals surface area contributed by atoms with Gasteiger partial charge in [0.05, 0.1) is 39.4 Å². The second-order valence-corrected chi connectivity index (χ2v) is 9.34. The van der Waals surface area contributed by atoms with Crippen molar-refractivity contribution in [1.29, 1.82) is 0 Å². The number of piperazine rings is 1. The highest BCUT2D eigenvalue weighted by Gasteiger charge is 2.33. The molecule has 11 heteroatoms. The molecule has 0 amide bonds. The van der Waals surface area contributed by atoms with Crippen LogP contribution in [0.4, 0.5) is 5.69 Å². The van der Waals surface area contributed by atoms with Crippen molar-refractivity contribution in [3.63, 3.8) is 0 Å². The third-order valence-corrected chi connectivity index (χ3v) is 7.59. The zero-order valence-corrected chi connectivity index (χ0v) is 21.5. The molecular formula is C25H29N5O5S. The van der Waals surface area contributed by atoms with Crippen molar-refractivity contribution < 1.29 is 24.1 Å². The SMILES string of the molecule is COc1ccc(N2CCN([C@@H](c3cc(OC)c(OC)c(OC)c3)c3sc4ncnn4c3O)CC2)cc1. The number of aromatic nitrogens is 3. The summed E-state index contributed by atoms with van der Waals surface area (Å²) < 4.78 is 23.6. The molecule has 0 saturated carbocycles. The Bertz CT molecular complexity index is 1310. The molecule has 0 bridgehead atoms. The molecule has 5 rings (SSSR count). The van der Waals surface area contributed by atoms with E-state index in [0.29, 0.717) is 22.2 Å². The first-order chi connectivity index (χ1) is 17.6. The number of methoxy groups -OCH3 is 4. The van der Waals surface area contributed by atoms with E-state index < -0.39 is 0 Å². The van der Waals surface area contributed by atoms with Gasteiger partial charge in [0, 0.05) is 31.9 Å². The Kier molecular flexibility index (Phi) is 6.75. The lowest BCUT2D eigenvalue weighted by molar-refractivity contribution is 0.210. The summed E-state index contributed by atoms with van der Waals surface area (Å²) in [4.78, 5) is 10.4. The smallest absolute Gasteiger partial charge is 0.230 e. The summed E-state index contributed by atoms with van der Waals surface area (Å²) >= 11 is 1.42. The summed E-state index contributed by atoms with van der Waals surface area (Å²) in [7, 11) is 6.46. The molecule has 1 N–H and O–H groups in total. The molecule has 10 nitrogen and oxygen atoms in total. The Hall–Kier alpha value is -3.70. The summed E-state index contributed by atoms with van der Waals surface area (Å²) in [5, 5.41) is 15.3. The van der Waals surface area contributed by atoms with Gasteiger partial charge < -0.3 is 29.0 Å². The summed E-state index contributed by atoms with van der Waals surface area (Å²) in [6.45, 7) is 3.21. The van der Waals surface area contributed by atoms with Crippen LogP contribution in [-0.2, 0) is 0 Å². The molecule has 1 saturated heterocycles. The monoisotopic (exact) mass is 511 g/mol. The number of benzene rings is 2. The molecule has 1 aliphatic rings. The first-order valence-corrected chi connectivity index (χ1v) is 12.3. The van der Waals surface area contributed by atoms with Gasteiger partial charge in [0.1, 0.15) is 12.1 Å². The highest BCUT2D eigenvalue weighted by atomic mass is 32.1. The number of fused-ring (bicyclic) bond motifs is 1. The van der Waals surface area contributed by atoms with Gasteiger partial charge >= 0.3 is 0 Å². The Morgan fingerprint density at radius 3 is 2.11 bits per heavy atom. The lowest BCUT2D eigenvalue weighted by atomic mass is 10.0. The van der Waals surface area contributed by atoms with E-state index in [4.69, 9.17) is 18.9 Å². The highest BCUT2D eigenvalue weighted by Crippen LogP contribution is 2.45. The first kappa shape index (κ1) is 24.0. The van der Waals surface area contributed by atoms with E-state index in [0.717, 1.165) is 48.1 Å². The van der Waals surface area contributed by atoms with Crippen LogP contribution in [-0.4, -0.2) is 79.2 Å². The van der Waals surface area contributed by atoms with Gasteiger partial charge in [0.15, 0.2) is 11.5 Å². The molecule has 3 heterocycles. The van der Waals surface area contributed by atoms with Gasteiger partial charge in [0.2, 0.25) is 16.6 Å². The quantitative estimate of drug-likeness (QED) is 0.382. The van der Waals surface area contributed by atoms with Crippen molar-refractivity contribution >= 4 is 22.0 Å². The number of aromatic hydroxyl groups is 1. The Labute approximate surface area is 213 Å². The fourth-order valence-corrected chi connectivity index (χ4v) is 5.78. The third-order valence-electron chi connectivity index (χ3n) is 6.51. The van der Waals surface area contributed by atoms with Gasteiger partial charge in [-0.1, -0.05) is 11.3 Å². The van der Waals surface area contributed by atoms with Crippen molar-refractivity contribution in [3.05, 3.63) is 53.2 Å². The van der Waals surface area contributed by atoms with Crippen LogP contribution >= 0.6 is 11.3 Å². The Morgan fingerprint density at radius 2 is 1.56 bits per heavy atom. The lowest BCUT2D eigenvalue weighted by Gasteiger charge is -2.40. The number of anilines is 1. The van der Waals surface area contributed by atoms with Crippen LogP contribution in [0.25, 0.3) is 4.96 Å². The average molecular weight is 512 g/mol. The Balaban J connectivity index is 1.51. The van der Waals surface area contributed by atoms with Gasteiger partial charge in [-0.25, -0.2) is 4.98 Å².